The van der Waals surface area contributed by atoms with E-state index in [4.69, 9.17) is 4.74 Å². The summed E-state index contributed by atoms with van der Waals surface area (Å²) in [4.78, 5) is 0. The van der Waals surface area contributed by atoms with E-state index in [0.717, 1.165) is 13.0 Å². The van der Waals surface area contributed by atoms with Gasteiger partial charge in [-0.15, -0.1) is 0 Å². The predicted octanol–water partition coefficient (Wildman–Crippen LogP) is 4.14. The fourth-order valence-corrected chi connectivity index (χ4v) is 2.49. The van der Waals surface area contributed by atoms with Gasteiger partial charge in [0.05, 0.1) is 5.60 Å². The molecule has 0 aliphatic heterocycles. The van der Waals surface area contributed by atoms with Crippen LogP contribution < -0.4 is 5.32 Å². The molecular formula is C15H33NO. The summed E-state index contributed by atoms with van der Waals surface area (Å²) in [6.07, 6.45) is 9.05. The Bertz CT molecular complexity index is 172. The van der Waals surface area contributed by atoms with E-state index in [1.54, 1.807) is 0 Å². The van der Waals surface area contributed by atoms with Crippen molar-refractivity contribution in [2.45, 2.75) is 84.3 Å². The molecule has 0 spiro atoms. The maximum absolute atomic E-state index is 5.95. The number of ether oxygens (including phenoxy) is 1. The Kier molecular flexibility index (Phi) is 9.85. The predicted molar refractivity (Wildman–Crippen MR) is 76.5 cm³/mol. The molecule has 0 aliphatic rings. The summed E-state index contributed by atoms with van der Waals surface area (Å²) in [5, 5.41) is 3.44. The first-order chi connectivity index (χ1) is 8.14. The molecule has 2 unspecified atom stereocenters. The summed E-state index contributed by atoms with van der Waals surface area (Å²) in [7, 11) is 2.06. The number of likely N-dealkylation sites (N-methyl/N-ethyl adjacent to an activating group) is 1. The number of hydrogen-bond donors (Lipinski definition) is 1. The molecule has 0 aromatic rings. The molecule has 0 bridgehead atoms. The van der Waals surface area contributed by atoms with E-state index in [1.807, 2.05) is 0 Å². The van der Waals surface area contributed by atoms with Crippen molar-refractivity contribution in [1.82, 2.24) is 5.32 Å². The van der Waals surface area contributed by atoms with Gasteiger partial charge in [-0.2, -0.15) is 0 Å². The number of rotatable bonds is 11. The lowest BCUT2D eigenvalue weighted by molar-refractivity contribution is -0.0558. The highest BCUT2D eigenvalue weighted by atomic mass is 16.5. The molecule has 2 nitrogen and oxygen atoms in total. The van der Waals surface area contributed by atoms with Gasteiger partial charge in [-0.1, -0.05) is 46.0 Å². The minimum absolute atomic E-state index is 0.00570. The Morgan fingerprint density at radius 1 is 1.06 bits per heavy atom. The Morgan fingerprint density at radius 3 is 2.18 bits per heavy atom. The van der Waals surface area contributed by atoms with Crippen LogP contribution in [0.3, 0.4) is 0 Å². The van der Waals surface area contributed by atoms with Gasteiger partial charge >= 0.3 is 0 Å². The zero-order valence-electron chi connectivity index (χ0n) is 12.6. The summed E-state index contributed by atoms with van der Waals surface area (Å²) in [5.41, 5.74) is -0.00570. The highest BCUT2D eigenvalue weighted by Gasteiger charge is 2.31. The zero-order chi connectivity index (χ0) is 13.1. The maximum atomic E-state index is 5.95. The topological polar surface area (TPSA) is 21.3 Å². The molecule has 17 heavy (non-hydrogen) atoms. The van der Waals surface area contributed by atoms with Crippen molar-refractivity contribution < 1.29 is 4.74 Å². The van der Waals surface area contributed by atoms with E-state index in [-0.39, 0.29) is 5.60 Å². The van der Waals surface area contributed by atoms with Gasteiger partial charge < -0.3 is 10.1 Å². The van der Waals surface area contributed by atoms with E-state index < -0.39 is 0 Å². The van der Waals surface area contributed by atoms with Crippen LogP contribution in [0.25, 0.3) is 0 Å². The molecule has 0 heterocycles. The lowest BCUT2D eigenvalue weighted by Gasteiger charge is -2.36. The third-order valence-corrected chi connectivity index (χ3v) is 3.86. The summed E-state index contributed by atoms with van der Waals surface area (Å²) in [6.45, 7) is 9.61. The van der Waals surface area contributed by atoms with Crippen LogP contribution >= 0.6 is 0 Å². The fourth-order valence-electron chi connectivity index (χ4n) is 2.49. The molecule has 0 aromatic heterocycles. The molecule has 0 saturated heterocycles. The second kappa shape index (κ2) is 9.90. The molecule has 2 heteroatoms. The molecule has 0 aromatic carbocycles. The largest absolute Gasteiger partial charge is 0.374 e. The molecular weight excluding hydrogens is 210 g/mol. The average molecular weight is 243 g/mol. The fraction of sp³-hybridized carbons (Fsp3) is 1.00. The highest BCUT2D eigenvalue weighted by molar-refractivity contribution is 4.87. The van der Waals surface area contributed by atoms with E-state index >= 15 is 0 Å². The molecule has 0 rings (SSSR count). The molecule has 0 aliphatic carbocycles. The van der Waals surface area contributed by atoms with Gasteiger partial charge in [0.2, 0.25) is 0 Å². The Hall–Kier alpha value is -0.0800. The summed E-state index contributed by atoms with van der Waals surface area (Å²) < 4.78 is 5.95. The molecule has 2 atom stereocenters. The van der Waals surface area contributed by atoms with Crippen molar-refractivity contribution >= 4 is 0 Å². The molecule has 104 valence electrons. The van der Waals surface area contributed by atoms with Gasteiger partial charge in [-0.3, -0.25) is 0 Å². The summed E-state index contributed by atoms with van der Waals surface area (Å²) in [6, 6.07) is 0.481. The quantitative estimate of drug-likeness (QED) is 0.551. The number of nitrogens with one attached hydrogen (secondary N) is 1. The van der Waals surface area contributed by atoms with E-state index in [1.165, 1.54) is 38.5 Å². The van der Waals surface area contributed by atoms with Crippen molar-refractivity contribution in [2.75, 3.05) is 13.7 Å². The monoisotopic (exact) mass is 243 g/mol. The van der Waals surface area contributed by atoms with Crippen molar-refractivity contribution in [1.29, 1.82) is 0 Å². The molecule has 1 N–H and O–H groups in total. The molecule has 0 radical (unpaired) electrons. The Balaban J connectivity index is 4.02. The SMILES string of the molecule is CCCCCCCC(NC)C(C)(CC)OCC. The van der Waals surface area contributed by atoms with Crippen molar-refractivity contribution in [3.63, 3.8) is 0 Å². The second-order valence-corrected chi connectivity index (χ2v) is 5.14. The van der Waals surface area contributed by atoms with Crippen LogP contribution in [0.4, 0.5) is 0 Å². The maximum Gasteiger partial charge on any atom is 0.0803 e. The van der Waals surface area contributed by atoms with E-state index in [0.29, 0.717) is 6.04 Å². The van der Waals surface area contributed by atoms with Crippen LogP contribution in [0.5, 0.6) is 0 Å². The standard InChI is InChI=1S/C15H33NO/c1-6-9-10-11-12-13-14(16-5)15(4,7-2)17-8-3/h14,16H,6-13H2,1-5H3. The highest BCUT2D eigenvalue weighted by Crippen LogP contribution is 2.24. The van der Waals surface area contributed by atoms with Crippen LogP contribution in [0.15, 0.2) is 0 Å². The van der Waals surface area contributed by atoms with Crippen LogP contribution in [0, 0.1) is 0 Å². The number of unbranched alkanes of at least 4 members (excludes halogenated alkanes) is 4. The van der Waals surface area contributed by atoms with Gasteiger partial charge in [-0.25, -0.2) is 0 Å². The van der Waals surface area contributed by atoms with Crippen LogP contribution in [0.2, 0.25) is 0 Å². The van der Waals surface area contributed by atoms with E-state index in [2.05, 4.69) is 40.1 Å². The normalized spacial score (nSPS) is 16.8. The zero-order valence-corrected chi connectivity index (χ0v) is 12.6. The van der Waals surface area contributed by atoms with Crippen LogP contribution in [0.1, 0.15) is 72.6 Å². The van der Waals surface area contributed by atoms with E-state index in [9.17, 15) is 0 Å². The third-order valence-electron chi connectivity index (χ3n) is 3.86. The Labute approximate surface area is 109 Å². The van der Waals surface area contributed by atoms with Crippen molar-refractivity contribution in [3.05, 3.63) is 0 Å². The van der Waals surface area contributed by atoms with Gasteiger partial charge in [0, 0.05) is 12.6 Å². The van der Waals surface area contributed by atoms with Gasteiger partial charge in [0.25, 0.3) is 0 Å². The van der Waals surface area contributed by atoms with Crippen LogP contribution in [-0.2, 0) is 4.74 Å². The second-order valence-electron chi connectivity index (χ2n) is 5.14. The van der Waals surface area contributed by atoms with Crippen molar-refractivity contribution in [2.24, 2.45) is 0 Å². The first-order valence-corrected chi connectivity index (χ1v) is 7.45. The lowest BCUT2D eigenvalue weighted by atomic mass is 9.89. The molecule has 0 saturated carbocycles. The average Bonchev–Trinajstić information content (AvgIpc) is 2.34. The minimum atomic E-state index is -0.00570. The van der Waals surface area contributed by atoms with Gasteiger partial charge in [0.15, 0.2) is 0 Å². The summed E-state index contributed by atoms with van der Waals surface area (Å²) >= 11 is 0. The smallest absolute Gasteiger partial charge is 0.0803 e. The van der Waals surface area contributed by atoms with Crippen LogP contribution in [-0.4, -0.2) is 25.3 Å². The lowest BCUT2D eigenvalue weighted by Crippen LogP contribution is -2.49. The van der Waals surface area contributed by atoms with Gasteiger partial charge in [-0.05, 0) is 33.7 Å². The Morgan fingerprint density at radius 2 is 1.71 bits per heavy atom. The minimum Gasteiger partial charge on any atom is -0.374 e. The first-order valence-electron chi connectivity index (χ1n) is 7.45. The first kappa shape index (κ1) is 16.9. The third kappa shape index (κ3) is 6.42. The molecule has 0 fully saturated rings. The number of hydrogen-bond acceptors (Lipinski definition) is 2. The van der Waals surface area contributed by atoms with Crippen molar-refractivity contribution in [3.8, 4) is 0 Å². The summed E-state index contributed by atoms with van der Waals surface area (Å²) in [5.74, 6) is 0. The van der Waals surface area contributed by atoms with Gasteiger partial charge in [0.1, 0.15) is 0 Å². The molecule has 0 amide bonds.